The zero-order chi connectivity index (χ0) is 16.1. The van der Waals surface area contributed by atoms with Crippen molar-refractivity contribution in [2.75, 3.05) is 0 Å². The van der Waals surface area contributed by atoms with Crippen molar-refractivity contribution in [1.82, 2.24) is 0 Å². The Morgan fingerprint density at radius 2 is 1.74 bits per heavy atom. The van der Waals surface area contributed by atoms with E-state index in [0.29, 0.717) is 13.0 Å². The minimum atomic E-state index is -0.591. The van der Waals surface area contributed by atoms with Crippen LogP contribution in [-0.2, 0) is 16.1 Å². The van der Waals surface area contributed by atoms with Crippen molar-refractivity contribution in [2.45, 2.75) is 48.6 Å². The summed E-state index contributed by atoms with van der Waals surface area (Å²) in [6, 6.07) is 20.2. The lowest BCUT2D eigenvalue weighted by molar-refractivity contribution is -0.160. The van der Waals surface area contributed by atoms with Gasteiger partial charge in [-0.2, -0.15) is 0 Å². The van der Waals surface area contributed by atoms with Gasteiger partial charge in [0.25, 0.3) is 0 Å². The van der Waals surface area contributed by atoms with Crippen LogP contribution in [0.1, 0.15) is 18.9 Å². The monoisotopic (exact) mass is 330 g/mol. The van der Waals surface area contributed by atoms with Crippen molar-refractivity contribution in [2.24, 2.45) is 0 Å². The summed E-state index contributed by atoms with van der Waals surface area (Å²) in [4.78, 5) is 1.17. The van der Waals surface area contributed by atoms with Crippen molar-refractivity contribution < 1.29 is 14.6 Å². The molecule has 1 saturated heterocycles. The van der Waals surface area contributed by atoms with Crippen LogP contribution >= 0.6 is 11.8 Å². The van der Waals surface area contributed by atoms with Crippen LogP contribution in [0.2, 0.25) is 0 Å². The van der Waals surface area contributed by atoms with Gasteiger partial charge in [0.05, 0.1) is 18.8 Å². The number of hydrogen-bond acceptors (Lipinski definition) is 4. The van der Waals surface area contributed by atoms with Gasteiger partial charge in [0.15, 0.2) is 0 Å². The molecule has 4 atom stereocenters. The fourth-order valence-electron chi connectivity index (χ4n) is 2.68. The topological polar surface area (TPSA) is 38.7 Å². The number of hydrogen-bond donors (Lipinski definition) is 1. The molecule has 1 aliphatic rings. The molecule has 3 rings (SSSR count). The summed E-state index contributed by atoms with van der Waals surface area (Å²) in [6.07, 6.45) is -0.352. The summed E-state index contributed by atoms with van der Waals surface area (Å²) in [5.41, 5.74) is 1.11. The van der Waals surface area contributed by atoms with Crippen LogP contribution in [0.15, 0.2) is 65.6 Å². The van der Waals surface area contributed by atoms with E-state index in [1.54, 1.807) is 11.8 Å². The number of aliphatic hydroxyl groups excluding tert-OH is 1. The summed E-state index contributed by atoms with van der Waals surface area (Å²) in [6.45, 7) is 2.42. The fourth-order valence-corrected chi connectivity index (χ4v) is 3.81. The van der Waals surface area contributed by atoms with Crippen LogP contribution in [0.25, 0.3) is 0 Å². The fraction of sp³-hybridized carbons (Fsp3) is 0.368. The molecule has 3 nitrogen and oxygen atoms in total. The molecule has 0 spiro atoms. The molecule has 122 valence electrons. The van der Waals surface area contributed by atoms with Crippen molar-refractivity contribution in [3.8, 4) is 0 Å². The van der Waals surface area contributed by atoms with Gasteiger partial charge in [-0.25, -0.2) is 0 Å². The quantitative estimate of drug-likeness (QED) is 0.903. The van der Waals surface area contributed by atoms with Gasteiger partial charge in [0, 0.05) is 11.3 Å². The zero-order valence-corrected chi connectivity index (χ0v) is 14.0. The summed E-state index contributed by atoms with van der Waals surface area (Å²) < 4.78 is 11.9. The maximum absolute atomic E-state index is 10.3. The molecule has 2 aromatic carbocycles. The average Bonchev–Trinajstić information content (AvgIpc) is 2.58. The van der Waals surface area contributed by atoms with E-state index in [0.717, 1.165) is 5.56 Å². The molecule has 0 aromatic heterocycles. The van der Waals surface area contributed by atoms with Crippen LogP contribution < -0.4 is 0 Å². The second kappa shape index (κ2) is 7.97. The van der Waals surface area contributed by atoms with E-state index in [4.69, 9.17) is 9.47 Å². The van der Waals surface area contributed by atoms with E-state index in [9.17, 15) is 5.11 Å². The van der Waals surface area contributed by atoms with Gasteiger partial charge < -0.3 is 14.6 Å². The van der Waals surface area contributed by atoms with E-state index < -0.39 is 6.10 Å². The average molecular weight is 330 g/mol. The molecule has 1 aliphatic heterocycles. The minimum absolute atomic E-state index is 0.00317. The lowest BCUT2D eigenvalue weighted by Crippen LogP contribution is -2.47. The first-order valence-electron chi connectivity index (χ1n) is 7.93. The second-order valence-electron chi connectivity index (χ2n) is 5.76. The highest BCUT2D eigenvalue weighted by Gasteiger charge is 2.36. The Kier molecular flexibility index (Phi) is 5.73. The third-order valence-electron chi connectivity index (χ3n) is 3.97. The highest BCUT2D eigenvalue weighted by atomic mass is 32.2. The molecule has 2 aromatic rings. The normalized spacial score (nSPS) is 27.7. The standard InChI is InChI=1S/C19H22O3S/c1-14-19(20)17(21-13-15-8-4-2-5-9-15)12-18(22-14)23-16-10-6-3-7-11-16/h2-11,14,17-20H,12-13H2,1H3. The molecule has 23 heavy (non-hydrogen) atoms. The first-order chi connectivity index (χ1) is 11.2. The van der Waals surface area contributed by atoms with Gasteiger partial charge in [-0.3, -0.25) is 0 Å². The Hall–Kier alpha value is -1.33. The number of rotatable bonds is 5. The van der Waals surface area contributed by atoms with Crippen LogP contribution in [0, 0.1) is 0 Å². The molecule has 0 radical (unpaired) electrons. The van der Waals surface area contributed by atoms with Gasteiger partial charge in [-0.15, -0.1) is 0 Å². The molecule has 0 aliphatic carbocycles. The predicted octanol–water partition coefficient (Wildman–Crippen LogP) is 3.86. The van der Waals surface area contributed by atoms with Gasteiger partial charge in [-0.1, -0.05) is 60.3 Å². The Bertz CT molecular complexity index is 590. The van der Waals surface area contributed by atoms with E-state index in [1.807, 2.05) is 55.5 Å². The lowest BCUT2D eigenvalue weighted by Gasteiger charge is -2.37. The molecule has 1 heterocycles. The van der Waals surface area contributed by atoms with Crippen LogP contribution in [0.5, 0.6) is 0 Å². The zero-order valence-electron chi connectivity index (χ0n) is 13.2. The smallest absolute Gasteiger partial charge is 0.110 e. The van der Waals surface area contributed by atoms with Crippen molar-refractivity contribution >= 4 is 11.8 Å². The maximum Gasteiger partial charge on any atom is 0.110 e. The third kappa shape index (κ3) is 4.58. The first-order valence-corrected chi connectivity index (χ1v) is 8.81. The number of ether oxygens (including phenoxy) is 2. The molecule has 4 heteroatoms. The highest BCUT2D eigenvalue weighted by Crippen LogP contribution is 2.34. The van der Waals surface area contributed by atoms with E-state index >= 15 is 0 Å². The largest absolute Gasteiger partial charge is 0.388 e. The van der Waals surface area contributed by atoms with E-state index in [-0.39, 0.29) is 17.6 Å². The van der Waals surface area contributed by atoms with Crippen LogP contribution in [-0.4, -0.2) is 28.9 Å². The van der Waals surface area contributed by atoms with Crippen molar-refractivity contribution in [3.05, 3.63) is 66.2 Å². The molecule has 0 saturated carbocycles. The molecule has 1 fully saturated rings. The molecular weight excluding hydrogens is 308 g/mol. The van der Waals surface area contributed by atoms with Crippen LogP contribution in [0.4, 0.5) is 0 Å². The number of thioether (sulfide) groups is 1. The minimum Gasteiger partial charge on any atom is -0.388 e. The van der Waals surface area contributed by atoms with Crippen molar-refractivity contribution in [3.63, 3.8) is 0 Å². The molecule has 4 unspecified atom stereocenters. The summed E-state index contributed by atoms with van der Waals surface area (Å²) >= 11 is 1.68. The molecule has 0 bridgehead atoms. The Labute approximate surface area is 141 Å². The summed E-state index contributed by atoms with van der Waals surface area (Å²) in [5, 5.41) is 10.3. The number of aliphatic hydroxyl groups is 1. The predicted molar refractivity (Wildman–Crippen MR) is 92.3 cm³/mol. The van der Waals surface area contributed by atoms with Gasteiger partial charge in [0.1, 0.15) is 11.5 Å². The van der Waals surface area contributed by atoms with Crippen LogP contribution in [0.3, 0.4) is 0 Å². The first kappa shape index (κ1) is 16.5. The van der Waals surface area contributed by atoms with Crippen molar-refractivity contribution in [1.29, 1.82) is 0 Å². The van der Waals surface area contributed by atoms with Gasteiger partial charge in [0.2, 0.25) is 0 Å². The maximum atomic E-state index is 10.3. The Balaban J connectivity index is 1.60. The third-order valence-corrected chi connectivity index (χ3v) is 5.08. The molecule has 0 amide bonds. The SMILES string of the molecule is CC1OC(Sc2ccccc2)CC(OCc2ccccc2)C1O. The number of benzene rings is 2. The van der Waals surface area contributed by atoms with E-state index in [2.05, 4.69) is 12.1 Å². The Morgan fingerprint density at radius 1 is 1.09 bits per heavy atom. The Morgan fingerprint density at radius 3 is 2.43 bits per heavy atom. The van der Waals surface area contributed by atoms with Gasteiger partial charge in [-0.05, 0) is 24.6 Å². The van der Waals surface area contributed by atoms with E-state index in [1.165, 1.54) is 4.90 Å². The molecular formula is C19H22O3S. The second-order valence-corrected chi connectivity index (χ2v) is 7.00. The van der Waals surface area contributed by atoms with Gasteiger partial charge >= 0.3 is 0 Å². The molecule has 1 N–H and O–H groups in total. The highest BCUT2D eigenvalue weighted by molar-refractivity contribution is 7.99. The summed E-state index contributed by atoms with van der Waals surface area (Å²) in [7, 11) is 0. The summed E-state index contributed by atoms with van der Waals surface area (Å²) in [5.74, 6) is 0. The lowest BCUT2D eigenvalue weighted by atomic mass is 10.0.